The molecule has 1 fully saturated rings. The van der Waals surface area contributed by atoms with E-state index >= 15 is 0 Å². The van der Waals surface area contributed by atoms with Crippen molar-refractivity contribution in [3.05, 3.63) is 104 Å². The summed E-state index contributed by atoms with van der Waals surface area (Å²) in [5.41, 5.74) is 1.02. The van der Waals surface area contributed by atoms with Gasteiger partial charge in [0.05, 0.1) is 40.9 Å². The molecule has 6 rings (SSSR count). The van der Waals surface area contributed by atoms with Gasteiger partial charge in [-0.25, -0.2) is 9.97 Å². The number of benzene rings is 2. The number of fused-ring (bicyclic) bond motifs is 2. The van der Waals surface area contributed by atoms with Gasteiger partial charge in [-0.1, -0.05) is 41.9 Å². The average Bonchev–Trinajstić information content (AvgIpc) is 3.03. The van der Waals surface area contributed by atoms with Crippen molar-refractivity contribution in [1.82, 2.24) is 29.7 Å². The maximum absolute atomic E-state index is 14.4. The summed E-state index contributed by atoms with van der Waals surface area (Å²) in [6.07, 6.45) is 2.87. The smallest absolute Gasteiger partial charge is 0.264 e. The van der Waals surface area contributed by atoms with Gasteiger partial charge >= 0.3 is 0 Å². The number of carbonyl (C=O) groups excluding carboxylic acids is 1. The zero-order valence-corrected chi connectivity index (χ0v) is 24.2. The number of nitrogens with one attached hydrogen (secondary N) is 3. The number of aromatic nitrogens is 4. The SMILES string of the molecule is CC(Nc1ncnc2[nH]ccc(=O)c12)c1c(Cl)c2cccc(C(=O)NCCN3CCOCC3)c2c(=O)n1-c1ccccc1. The molecule has 0 saturated carbocycles. The highest BCUT2D eigenvalue weighted by Crippen LogP contribution is 2.34. The molecule has 220 valence electrons. The Morgan fingerprint density at radius 2 is 1.84 bits per heavy atom. The molecule has 2 aromatic carbocycles. The van der Waals surface area contributed by atoms with E-state index in [1.807, 2.05) is 25.1 Å². The maximum atomic E-state index is 14.4. The number of morpholine rings is 1. The molecule has 1 aliphatic rings. The van der Waals surface area contributed by atoms with Crippen LogP contribution in [0.15, 0.2) is 76.7 Å². The van der Waals surface area contributed by atoms with Crippen LogP contribution in [0.5, 0.6) is 0 Å². The Bertz CT molecular complexity index is 1910. The second-order valence-corrected chi connectivity index (χ2v) is 10.6. The van der Waals surface area contributed by atoms with Crippen molar-refractivity contribution in [2.75, 3.05) is 44.7 Å². The van der Waals surface area contributed by atoms with Gasteiger partial charge in [-0.2, -0.15) is 0 Å². The Morgan fingerprint density at radius 1 is 1.05 bits per heavy atom. The third-order valence-electron chi connectivity index (χ3n) is 7.57. The number of ether oxygens (including phenoxy) is 1. The van der Waals surface area contributed by atoms with Crippen LogP contribution < -0.4 is 21.6 Å². The largest absolute Gasteiger partial charge is 0.379 e. The summed E-state index contributed by atoms with van der Waals surface area (Å²) in [7, 11) is 0. The lowest BCUT2D eigenvalue weighted by atomic mass is 10.0. The predicted molar refractivity (Wildman–Crippen MR) is 166 cm³/mol. The number of halogens is 1. The van der Waals surface area contributed by atoms with E-state index < -0.39 is 11.6 Å². The van der Waals surface area contributed by atoms with Crippen LogP contribution in [0.4, 0.5) is 5.82 Å². The van der Waals surface area contributed by atoms with Crippen molar-refractivity contribution in [2.45, 2.75) is 13.0 Å². The van der Waals surface area contributed by atoms with Gasteiger partial charge in [0.15, 0.2) is 5.43 Å². The van der Waals surface area contributed by atoms with Gasteiger partial charge in [0.2, 0.25) is 0 Å². The Morgan fingerprint density at radius 3 is 2.63 bits per heavy atom. The van der Waals surface area contributed by atoms with Crippen molar-refractivity contribution in [1.29, 1.82) is 0 Å². The average molecular weight is 600 g/mol. The molecule has 1 atom stereocenters. The second kappa shape index (κ2) is 12.3. The molecule has 0 aliphatic carbocycles. The zero-order valence-electron chi connectivity index (χ0n) is 23.5. The maximum Gasteiger partial charge on any atom is 0.264 e. The monoisotopic (exact) mass is 599 g/mol. The molecule has 1 unspecified atom stereocenters. The molecule has 4 heterocycles. The zero-order chi connectivity index (χ0) is 29.9. The first-order chi connectivity index (χ1) is 20.9. The highest BCUT2D eigenvalue weighted by molar-refractivity contribution is 6.36. The summed E-state index contributed by atoms with van der Waals surface area (Å²) in [6.45, 7) is 5.93. The molecule has 12 heteroatoms. The van der Waals surface area contributed by atoms with Crippen LogP contribution in [-0.4, -0.2) is 69.7 Å². The first kappa shape index (κ1) is 28.5. The Kier molecular flexibility index (Phi) is 8.19. The lowest BCUT2D eigenvalue weighted by molar-refractivity contribution is 0.0383. The van der Waals surface area contributed by atoms with E-state index in [4.69, 9.17) is 16.3 Å². The number of H-pyrrole nitrogens is 1. The molecule has 3 aromatic heterocycles. The topological polar surface area (TPSA) is 134 Å². The lowest BCUT2D eigenvalue weighted by Crippen LogP contribution is -2.41. The fourth-order valence-corrected chi connectivity index (χ4v) is 5.87. The molecule has 1 amide bonds. The van der Waals surface area contributed by atoms with Gasteiger partial charge in [-0.3, -0.25) is 23.9 Å². The standard InChI is InChI=1S/C31H30ClN7O4/c1-19(37-29-25-23(40)10-11-33-28(25)35-18-36-29)27-26(32)21-8-5-9-22(30(41)34-12-13-38-14-16-43-17-15-38)24(21)31(42)39(27)20-6-3-2-4-7-20/h2-11,18-19H,12-17H2,1H3,(H,34,41)(H2,33,35,36,37,40). The number of para-hydroxylation sites is 1. The minimum Gasteiger partial charge on any atom is -0.379 e. The lowest BCUT2D eigenvalue weighted by Gasteiger charge is -2.26. The normalized spacial score (nSPS) is 14.6. The highest BCUT2D eigenvalue weighted by Gasteiger charge is 2.25. The fraction of sp³-hybridized carbons (Fsp3) is 0.258. The molecule has 11 nitrogen and oxygen atoms in total. The third-order valence-corrected chi connectivity index (χ3v) is 7.97. The highest BCUT2D eigenvalue weighted by atomic mass is 35.5. The van der Waals surface area contributed by atoms with Gasteiger partial charge in [0, 0.05) is 49.5 Å². The predicted octanol–water partition coefficient (Wildman–Crippen LogP) is 3.51. The van der Waals surface area contributed by atoms with Gasteiger partial charge < -0.3 is 20.4 Å². The van der Waals surface area contributed by atoms with E-state index in [0.29, 0.717) is 64.9 Å². The van der Waals surface area contributed by atoms with Crippen molar-refractivity contribution in [3.63, 3.8) is 0 Å². The van der Waals surface area contributed by atoms with Crippen LogP contribution >= 0.6 is 11.6 Å². The van der Waals surface area contributed by atoms with Gasteiger partial charge in [0.25, 0.3) is 11.5 Å². The quantitative estimate of drug-likeness (QED) is 0.247. The Hall–Kier alpha value is -4.58. The van der Waals surface area contributed by atoms with Crippen LogP contribution in [0.2, 0.25) is 5.02 Å². The van der Waals surface area contributed by atoms with Crippen LogP contribution in [0.1, 0.15) is 29.0 Å². The number of anilines is 1. The fourth-order valence-electron chi connectivity index (χ4n) is 5.47. The van der Waals surface area contributed by atoms with Crippen molar-refractivity contribution in [2.24, 2.45) is 0 Å². The van der Waals surface area contributed by atoms with Gasteiger partial charge in [0.1, 0.15) is 23.2 Å². The Balaban J connectivity index is 1.43. The van der Waals surface area contributed by atoms with Crippen molar-refractivity contribution in [3.8, 4) is 5.69 Å². The molecule has 0 spiro atoms. The molecule has 43 heavy (non-hydrogen) atoms. The summed E-state index contributed by atoms with van der Waals surface area (Å²) in [5.74, 6) is -0.0480. The third kappa shape index (κ3) is 5.62. The minimum atomic E-state index is -0.589. The van der Waals surface area contributed by atoms with Crippen LogP contribution in [0, 0.1) is 0 Å². The molecular formula is C31H30ClN7O4. The number of amides is 1. The van der Waals surface area contributed by atoms with Crippen molar-refractivity contribution < 1.29 is 9.53 Å². The van der Waals surface area contributed by atoms with E-state index in [9.17, 15) is 14.4 Å². The summed E-state index contributed by atoms with van der Waals surface area (Å²) < 4.78 is 6.91. The number of hydrogen-bond donors (Lipinski definition) is 3. The summed E-state index contributed by atoms with van der Waals surface area (Å²) in [4.78, 5) is 54.1. The molecule has 1 aliphatic heterocycles. The van der Waals surface area contributed by atoms with E-state index in [1.165, 1.54) is 23.2 Å². The van der Waals surface area contributed by atoms with Crippen LogP contribution in [0.25, 0.3) is 27.5 Å². The molecule has 5 aromatic rings. The summed E-state index contributed by atoms with van der Waals surface area (Å²) >= 11 is 7.11. The van der Waals surface area contributed by atoms with E-state index in [1.54, 1.807) is 30.3 Å². The molecule has 0 radical (unpaired) electrons. The van der Waals surface area contributed by atoms with E-state index in [2.05, 4.69) is 30.5 Å². The van der Waals surface area contributed by atoms with Crippen molar-refractivity contribution >= 4 is 45.1 Å². The first-order valence-electron chi connectivity index (χ1n) is 14.0. The molecular weight excluding hydrogens is 570 g/mol. The number of aromatic amines is 1. The summed E-state index contributed by atoms with van der Waals surface area (Å²) in [6, 6.07) is 15.0. The van der Waals surface area contributed by atoms with Gasteiger partial charge in [-0.15, -0.1) is 0 Å². The van der Waals surface area contributed by atoms with E-state index in [-0.39, 0.29) is 22.3 Å². The second-order valence-electron chi connectivity index (χ2n) is 10.3. The first-order valence-corrected chi connectivity index (χ1v) is 14.4. The van der Waals surface area contributed by atoms with Crippen LogP contribution in [0.3, 0.4) is 0 Å². The minimum absolute atomic E-state index is 0.222. The molecule has 1 saturated heterocycles. The molecule has 0 bridgehead atoms. The van der Waals surface area contributed by atoms with Crippen LogP contribution in [-0.2, 0) is 4.74 Å². The number of carbonyl (C=O) groups is 1. The number of nitrogens with zero attached hydrogens (tertiary/aromatic N) is 4. The van der Waals surface area contributed by atoms with Gasteiger partial charge in [-0.05, 0) is 25.1 Å². The Labute approximate surface area is 251 Å². The number of rotatable bonds is 8. The summed E-state index contributed by atoms with van der Waals surface area (Å²) in [5, 5.41) is 7.50. The number of hydrogen-bond acceptors (Lipinski definition) is 8. The molecule has 3 N–H and O–H groups in total. The number of pyridine rings is 2. The van der Waals surface area contributed by atoms with E-state index in [0.717, 1.165) is 13.1 Å².